The van der Waals surface area contributed by atoms with E-state index in [1.807, 2.05) is 48.3 Å². The van der Waals surface area contributed by atoms with Crippen molar-refractivity contribution >= 4 is 44.7 Å². The third-order valence-corrected chi connectivity index (χ3v) is 5.96. The Kier molecular flexibility index (Phi) is 6.97. The normalized spacial score (nSPS) is 10.9. The first-order valence-electron chi connectivity index (χ1n) is 10.4. The molecule has 1 aromatic heterocycles. The van der Waals surface area contributed by atoms with Crippen LogP contribution in [-0.4, -0.2) is 42.4 Å². The molecule has 7 nitrogen and oxygen atoms in total. The Hall–Kier alpha value is -3.75. The van der Waals surface area contributed by atoms with Gasteiger partial charge in [0, 0.05) is 11.3 Å². The zero-order valence-electron chi connectivity index (χ0n) is 18.4. The average Bonchev–Trinajstić information content (AvgIpc) is 3.21. The molecule has 8 heteroatoms. The van der Waals surface area contributed by atoms with Crippen LogP contribution in [0.25, 0.3) is 10.2 Å². The fourth-order valence-electron chi connectivity index (χ4n) is 3.37. The minimum absolute atomic E-state index is 0.134. The lowest BCUT2D eigenvalue weighted by molar-refractivity contribution is -0.117. The maximum Gasteiger partial charge on any atom is 0.255 e. The molecule has 0 fully saturated rings. The highest BCUT2D eigenvalue weighted by Gasteiger charge is 2.12. The number of fused-ring (bicyclic) bond motifs is 1. The van der Waals surface area contributed by atoms with E-state index in [4.69, 9.17) is 4.74 Å². The quantitative estimate of drug-likeness (QED) is 0.401. The van der Waals surface area contributed by atoms with Crippen molar-refractivity contribution in [2.45, 2.75) is 6.54 Å². The predicted molar refractivity (Wildman–Crippen MR) is 132 cm³/mol. The molecule has 0 aliphatic rings. The predicted octanol–water partition coefficient (Wildman–Crippen LogP) is 4.63. The first-order chi connectivity index (χ1) is 16.0. The molecular formula is C25H24N4O3S. The molecule has 0 bridgehead atoms. The van der Waals surface area contributed by atoms with E-state index in [2.05, 4.69) is 15.6 Å². The summed E-state index contributed by atoms with van der Waals surface area (Å²) in [5.41, 5.74) is 2.68. The van der Waals surface area contributed by atoms with Gasteiger partial charge in [-0.15, -0.1) is 11.3 Å². The van der Waals surface area contributed by atoms with Crippen LogP contribution in [-0.2, 0) is 11.3 Å². The molecule has 0 radical (unpaired) electrons. The maximum absolute atomic E-state index is 12.5. The molecule has 33 heavy (non-hydrogen) atoms. The van der Waals surface area contributed by atoms with Gasteiger partial charge in [-0.1, -0.05) is 24.3 Å². The SMILES string of the molecule is COc1ccccc1NC(=O)c1ccc(NC(=O)CN(C)Cc2nc3ccccc3s2)cc1. The number of carbonyl (C=O) groups is 2. The van der Waals surface area contributed by atoms with Crippen LogP contribution in [0.2, 0.25) is 0 Å². The largest absolute Gasteiger partial charge is 0.495 e. The van der Waals surface area contributed by atoms with Crippen LogP contribution < -0.4 is 15.4 Å². The Balaban J connectivity index is 1.30. The highest BCUT2D eigenvalue weighted by atomic mass is 32.1. The van der Waals surface area contributed by atoms with E-state index in [0.29, 0.717) is 29.2 Å². The van der Waals surface area contributed by atoms with Gasteiger partial charge < -0.3 is 15.4 Å². The monoisotopic (exact) mass is 460 g/mol. The average molecular weight is 461 g/mol. The van der Waals surface area contributed by atoms with E-state index in [0.717, 1.165) is 15.2 Å². The molecule has 4 rings (SSSR count). The van der Waals surface area contributed by atoms with E-state index in [-0.39, 0.29) is 18.4 Å². The third kappa shape index (κ3) is 5.74. The minimum Gasteiger partial charge on any atom is -0.495 e. The highest BCUT2D eigenvalue weighted by Crippen LogP contribution is 2.24. The second-order valence-corrected chi connectivity index (χ2v) is 8.64. The number of carbonyl (C=O) groups excluding carboxylic acids is 2. The van der Waals surface area contributed by atoms with Crippen molar-refractivity contribution in [1.29, 1.82) is 0 Å². The summed E-state index contributed by atoms with van der Waals surface area (Å²) in [4.78, 5) is 31.5. The number of hydrogen-bond donors (Lipinski definition) is 2. The zero-order valence-corrected chi connectivity index (χ0v) is 19.2. The van der Waals surface area contributed by atoms with Gasteiger partial charge in [-0.25, -0.2) is 4.98 Å². The Morgan fingerprint density at radius 1 is 0.970 bits per heavy atom. The van der Waals surface area contributed by atoms with Gasteiger partial charge in [0.1, 0.15) is 10.8 Å². The van der Waals surface area contributed by atoms with E-state index in [9.17, 15) is 9.59 Å². The highest BCUT2D eigenvalue weighted by molar-refractivity contribution is 7.18. The number of benzene rings is 3. The molecule has 0 spiro atoms. The number of para-hydroxylation sites is 3. The summed E-state index contributed by atoms with van der Waals surface area (Å²) < 4.78 is 6.40. The van der Waals surface area contributed by atoms with Crippen molar-refractivity contribution < 1.29 is 14.3 Å². The number of thiazole rings is 1. The number of amides is 2. The number of aromatic nitrogens is 1. The molecule has 0 saturated heterocycles. The summed E-state index contributed by atoms with van der Waals surface area (Å²) in [6, 6.07) is 22.0. The molecule has 2 amide bonds. The Bertz CT molecular complexity index is 1240. The summed E-state index contributed by atoms with van der Waals surface area (Å²) >= 11 is 1.63. The lowest BCUT2D eigenvalue weighted by Crippen LogP contribution is -2.29. The van der Waals surface area contributed by atoms with Gasteiger partial charge >= 0.3 is 0 Å². The fourth-order valence-corrected chi connectivity index (χ4v) is 4.42. The van der Waals surface area contributed by atoms with Crippen molar-refractivity contribution in [3.63, 3.8) is 0 Å². The first kappa shape index (κ1) is 22.4. The van der Waals surface area contributed by atoms with Crippen molar-refractivity contribution in [3.8, 4) is 5.75 Å². The molecule has 3 aromatic carbocycles. The van der Waals surface area contributed by atoms with Crippen LogP contribution >= 0.6 is 11.3 Å². The standard InChI is InChI=1S/C25H24N4O3S/c1-29(16-24-27-20-8-4-6-10-22(20)33-24)15-23(30)26-18-13-11-17(12-14-18)25(31)28-19-7-3-5-9-21(19)32-2/h3-14H,15-16H2,1-2H3,(H,26,30)(H,28,31). The molecule has 168 valence electrons. The summed E-state index contributed by atoms with van der Waals surface area (Å²) in [5.74, 6) is 0.197. The lowest BCUT2D eigenvalue weighted by Gasteiger charge is -2.15. The minimum atomic E-state index is -0.257. The number of nitrogens with one attached hydrogen (secondary N) is 2. The molecule has 0 aliphatic heterocycles. The molecular weight excluding hydrogens is 436 g/mol. The number of likely N-dealkylation sites (N-methyl/N-ethyl adjacent to an activating group) is 1. The van der Waals surface area contributed by atoms with Crippen LogP contribution in [0.4, 0.5) is 11.4 Å². The van der Waals surface area contributed by atoms with Gasteiger partial charge in [0.05, 0.1) is 36.1 Å². The van der Waals surface area contributed by atoms with Gasteiger partial charge in [-0.2, -0.15) is 0 Å². The lowest BCUT2D eigenvalue weighted by atomic mass is 10.2. The summed E-state index contributed by atoms with van der Waals surface area (Å²) in [6.07, 6.45) is 0. The maximum atomic E-state index is 12.5. The molecule has 0 unspecified atom stereocenters. The van der Waals surface area contributed by atoms with Crippen molar-refractivity contribution in [1.82, 2.24) is 9.88 Å². The van der Waals surface area contributed by atoms with Crippen molar-refractivity contribution in [2.24, 2.45) is 0 Å². The van der Waals surface area contributed by atoms with Crippen LogP contribution in [0.1, 0.15) is 15.4 Å². The van der Waals surface area contributed by atoms with Crippen molar-refractivity contribution in [2.75, 3.05) is 31.3 Å². The topological polar surface area (TPSA) is 83.6 Å². The molecule has 2 N–H and O–H groups in total. The van der Waals surface area contributed by atoms with E-state index < -0.39 is 0 Å². The van der Waals surface area contributed by atoms with Gasteiger partial charge in [0.2, 0.25) is 5.91 Å². The van der Waals surface area contributed by atoms with E-state index >= 15 is 0 Å². The number of hydrogen-bond acceptors (Lipinski definition) is 6. The number of methoxy groups -OCH3 is 1. The summed E-state index contributed by atoms with van der Waals surface area (Å²) in [5, 5.41) is 6.67. The second kappa shape index (κ2) is 10.2. The summed E-state index contributed by atoms with van der Waals surface area (Å²) in [6.45, 7) is 0.820. The van der Waals surface area contributed by atoms with Gasteiger partial charge in [0.25, 0.3) is 5.91 Å². The Morgan fingerprint density at radius 2 is 1.70 bits per heavy atom. The van der Waals surface area contributed by atoms with Gasteiger partial charge in [-0.3, -0.25) is 14.5 Å². The van der Waals surface area contributed by atoms with Gasteiger partial charge in [0.15, 0.2) is 0 Å². The summed E-state index contributed by atoms with van der Waals surface area (Å²) in [7, 11) is 3.44. The van der Waals surface area contributed by atoms with Crippen LogP contribution in [0, 0.1) is 0 Å². The first-order valence-corrected chi connectivity index (χ1v) is 11.2. The number of anilines is 2. The molecule has 4 aromatic rings. The molecule has 0 atom stereocenters. The zero-order chi connectivity index (χ0) is 23.2. The number of rotatable bonds is 8. The van der Waals surface area contributed by atoms with Crippen molar-refractivity contribution in [3.05, 3.63) is 83.4 Å². The number of ether oxygens (including phenoxy) is 1. The second-order valence-electron chi connectivity index (χ2n) is 7.53. The Labute approximate surface area is 196 Å². The molecule has 1 heterocycles. The molecule has 0 saturated carbocycles. The van der Waals surface area contributed by atoms with Crippen LogP contribution in [0.3, 0.4) is 0 Å². The third-order valence-electron chi connectivity index (χ3n) is 4.94. The smallest absolute Gasteiger partial charge is 0.255 e. The van der Waals surface area contributed by atoms with E-state index in [1.165, 1.54) is 0 Å². The number of nitrogens with zero attached hydrogens (tertiary/aromatic N) is 2. The fraction of sp³-hybridized carbons (Fsp3) is 0.160. The van der Waals surface area contributed by atoms with Crippen LogP contribution in [0.5, 0.6) is 5.75 Å². The van der Waals surface area contributed by atoms with E-state index in [1.54, 1.807) is 54.8 Å². The van der Waals surface area contributed by atoms with Crippen LogP contribution in [0.15, 0.2) is 72.8 Å². The van der Waals surface area contributed by atoms with Gasteiger partial charge in [-0.05, 0) is 55.6 Å². The molecule has 0 aliphatic carbocycles. The Morgan fingerprint density at radius 3 is 2.45 bits per heavy atom.